The molecule has 0 amide bonds. The van der Waals surface area contributed by atoms with Crippen LogP contribution in [-0.2, 0) is 11.2 Å². The number of benzene rings is 1. The van der Waals surface area contributed by atoms with E-state index in [-0.39, 0.29) is 5.97 Å². The monoisotopic (exact) mass is 203 g/mol. The van der Waals surface area contributed by atoms with Crippen molar-refractivity contribution in [3.63, 3.8) is 0 Å². The minimum atomic E-state index is -0.327. The summed E-state index contributed by atoms with van der Waals surface area (Å²) >= 11 is 0. The molecule has 1 rings (SSSR count). The average molecular weight is 203 g/mol. The second-order valence-corrected chi connectivity index (χ2v) is 3.24. The zero-order chi connectivity index (χ0) is 11.3. The van der Waals surface area contributed by atoms with E-state index in [1.807, 2.05) is 19.1 Å². The zero-order valence-electron chi connectivity index (χ0n) is 8.91. The van der Waals surface area contributed by atoms with Crippen LogP contribution >= 0.6 is 0 Å². The van der Waals surface area contributed by atoms with E-state index in [4.69, 9.17) is 5.26 Å². The number of ether oxygens (including phenoxy) is 1. The topological polar surface area (TPSA) is 50.1 Å². The standard InChI is InChI=1S/C12H13NO2/c1-9-10(6-4-8-13)5-3-7-11(9)12(14)15-2/h3,5,7H,4,6H2,1-2H3. The summed E-state index contributed by atoms with van der Waals surface area (Å²) in [5.41, 5.74) is 2.51. The fourth-order valence-electron chi connectivity index (χ4n) is 1.48. The molecule has 0 aliphatic rings. The summed E-state index contributed by atoms with van der Waals surface area (Å²) in [5, 5.41) is 8.50. The molecule has 3 nitrogen and oxygen atoms in total. The Morgan fingerprint density at radius 2 is 2.27 bits per heavy atom. The van der Waals surface area contributed by atoms with Gasteiger partial charge >= 0.3 is 5.97 Å². The highest BCUT2D eigenvalue weighted by Crippen LogP contribution is 2.16. The Bertz CT molecular complexity index is 405. The molecule has 15 heavy (non-hydrogen) atoms. The van der Waals surface area contributed by atoms with E-state index in [1.54, 1.807) is 6.07 Å². The maximum Gasteiger partial charge on any atom is 0.338 e. The molecule has 0 bridgehead atoms. The molecule has 0 saturated carbocycles. The molecule has 0 saturated heterocycles. The summed E-state index contributed by atoms with van der Waals surface area (Å²) in [7, 11) is 1.36. The minimum absolute atomic E-state index is 0.327. The number of carbonyl (C=O) groups is 1. The molecular formula is C12H13NO2. The molecule has 0 atom stereocenters. The molecular weight excluding hydrogens is 190 g/mol. The lowest BCUT2D eigenvalue weighted by molar-refractivity contribution is 0.0600. The zero-order valence-corrected chi connectivity index (χ0v) is 8.91. The van der Waals surface area contributed by atoms with Gasteiger partial charge in [-0.1, -0.05) is 12.1 Å². The lowest BCUT2D eigenvalue weighted by Gasteiger charge is -2.08. The fraction of sp³-hybridized carbons (Fsp3) is 0.333. The molecule has 1 aromatic carbocycles. The van der Waals surface area contributed by atoms with Gasteiger partial charge in [-0.2, -0.15) is 5.26 Å². The molecule has 0 radical (unpaired) electrons. The van der Waals surface area contributed by atoms with Crippen LogP contribution in [0.15, 0.2) is 18.2 Å². The first-order chi connectivity index (χ1) is 7.20. The number of nitriles is 1. The van der Waals surface area contributed by atoms with Gasteiger partial charge in [-0.3, -0.25) is 0 Å². The number of esters is 1. The van der Waals surface area contributed by atoms with Crippen molar-refractivity contribution in [1.29, 1.82) is 5.26 Å². The van der Waals surface area contributed by atoms with Crippen molar-refractivity contribution in [2.24, 2.45) is 0 Å². The molecule has 0 fully saturated rings. The predicted molar refractivity (Wildman–Crippen MR) is 56.5 cm³/mol. The quantitative estimate of drug-likeness (QED) is 0.708. The Hall–Kier alpha value is -1.82. The number of hydrogen-bond donors (Lipinski definition) is 0. The molecule has 0 spiro atoms. The van der Waals surface area contributed by atoms with E-state index in [9.17, 15) is 4.79 Å². The van der Waals surface area contributed by atoms with E-state index in [1.165, 1.54) is 7.11 Å². The van der Waals surface area contributed by atoms with Crippen molar-refractivity contribution in [2.75, 3.05) is 7.11 Å². The fourth-order valence-corrected chi connectivity index (χ4v) is 1.48. The summed E-state index contributed by atoms with van der Waals surface area (Å²) in [4.78, 5) is 11.4. The maximum atomic E-state index is 11.4. The Morgan fingerprint density at radius 1 is 1.53 bits per heavy atom. The molecule has 0 aliphatic carbocycles. The van der Waals surface area contributed by atoms with Crippen LogP contribution in [0, 0.1) is 18.3 Å². The van der Waals surface area contributed by atoms with Crippen molar-refractivity contribution in [1.82, 2.24) is 0 Å². The van der Waals surface area contributed by atoms with E-state index in [0.29, 0.717) is 18.4 Å². The number of aryl methyl sites for hydroxylation is 1. The number of carbonyl (C=O) groups excluding carboxylic acids is 1. The average Bonchev–Trinajstić information content (AvgIpc) is 2.27. The summed E-state index contributed by atoms with van der Waals surface area (Å²) in [6.07, 6.45) is 1.14. The van der Waals surface area contributed by atoms with Gasteiger partial charge in [-0.15, -0.1) is 0 Å². The van der Waals surface area contributed by atoms with Gasteiger partial charge in [-0.05, 0) is 30.5 Å². The first-order valence-electron chi connectivity index (χ1n) is 4.74. The second kappa shape index (κ2) is 5.16. The number of hydrogen-bond acceptors (Lipinski definition) is 3. The van der Waals surface area contributed by atoms with Gasteiger partial charge in [0.05, 0.1) is 18.7 Å². The Balaban J connectivity index is 3.01. The molecule has 0 N–H and O–H groups in total. The van der Waals surface area contributed by atoms with Crippen molar-refractivity contribution in [3.05, 3.63) is 34.9 Å². The molecule has 3 heteroatoms. The largest absolute Gasteiger partial charge is 0.465 e. The number of nitrogens with zero attached hydrogens (tertiary/aromatic N) is 1. The molecule has 1 aromatic rings. The predicted octanol–water partition coefficient (Wildman–Crippen LogP) is 2.24. The molecule has 0 unspecified atom stereocenters. The molecule has 0 heterocycles. The lowest BCUT2D eigenvalue weighted by atomic mass is 9.99. The van der Waals surface area contributed by atoms with Crippen LogP contribution < -0.4 is 0 Å². The van der Waals surface area contributed by atoms with E-state index in [0.717, 1.165) is 11.1 Å². The maximum absolute atomic E-state index is 11.4. The van der Waals surface area contributed by atoms with Gasteiger partial charge in [0.2, 0.25) is 0 Å². The van der Waals surface area contributed by atoms with Gasteiger partial charge in [-0.25, -0.2) is 4.79 Å². The van der Waals surface area contributed by atoms with Crippen molar-refractivity contribution in [2.45, 2.75) is 19.8 Å². The van der Waals surface area contributed by atoms with Gasteiger partial charge in [0.25, 0.3) is 0 Å². The Labute approximate surface area is 89.3 Å². The van der Waals surface area contributed by atoms with Gasteiger partial charge in [0.15, 0.2) is 0 Å². The number of rotatable bonds is 3. The van der Waals surface area contributed by atoms with Crippen molar-refractivity contribution < 1.29 is 9.53 Å². The lowest BCUT2D eigenvalue weighted by Crippen LogP contribution is -2.05. The van der Waals surface area contributed by atoms with Gasteiger partial charge in [0.1, 0.15) is 0 Å². The third-order valence-corrected chi connectivity index (χ3v) is 2.36. The second-order valence-electron chi connectivity index (χ2n) is 3.24. The molecule has 0 aromatic heterocycles. The van der Waals surface area contributed by atoms with Crippen LogP contribution in [0.25, 0.3) is 0 Å². The van der Waals surface area contributed by atoms with Gasteiger partial charge < -0.3 is 4.74 Å². The van der Waals surface area contributed by atoms with Crippen LogP contribution in [0.3, 0.4) is 0 Å². The summed E-state index contributed by atoms with van der Waals surface area (Å²) in [6.45, 7) is 1.87. The van der Waals surface area contributed by atoms with Crippen LogP contribution in [0.1, 0.15) is 27.9 Å². The highest BCUT2D eigenvalue weighted by molar-refractivity contribution is 5.91. The van der Waals surface area contributed by atoms with Crippen LogP contribution in [0.2, 0.25) is 0 Å². The first kappa shape index (κ1) is 11.3. The third kappa shape index (κ3) is 2.57. The first-order valence-corrected chi connectivity index (χ1v) is 4.74. The third-order valence-electron chi connectivity index (χ3n) is 2.36. The van der Waals surface area contributed by atoms with Crippen LogP contribution in [-0.4, -0.2) is 13.1 Å². The highest BCUT2D eigenvalue weighted by atomic mass is 16.5. The SMILES string of the molecule is COC(=O)c1cccc(CCC#N)c1C. The summed E-state index contributed by atoms with van der Waals surface area (Å²) < 4.78 is 4.67. The van der Waals surface area contributed by atoms with Gasteiger partial charge in [0, 0.05) is 6.42 Å². The van der Waals surface area contributed by atoms with E-state index < -0.39 is 0 Å². The van der Waals surface area contributed by atoms with E-state index >= 15 is 0 Å². The summed E-state index contributed by atoms with van der Waals surface area (Å²) in [5.74, 6) is -0.327. The van der Waals surface area contributed by atoms with Crippen LogP contribution in [0.5, 0.6) is 0 Å². The molecule has 0 aliphatic heterocycles. The van der Waals surface area contributed by atoms with E-state index in [2.05, 4.69) is 10.8 Å². The smallest absolute Gasteiger partial charge is 0.338 e. The normalized spacial score (nSPS) is 9.40. The van der Waals surface area contributed by atoms with Crippen molar-refractivity contribution in [3.8, 4) is 6.07 Å². The van der Waals surface area contributed by atoms with Crippen LogP contribution in [0.4, 0.5) is 0 Å². The molecule has 78 valence electrons. The Kier molecular flexibility index (Phi) is 3.87. The Morgan fingerprint density at radius 3 is 2.87 bits per heavy atom. The summed E-state index contributed by atoms with van der Waals surface area (Å²) in [6, 6.07) is 7.56. The minimum Gasteiger partial charge on any atom is -0.465 e. The van der Waals surface area contributed by atoms with Crippen molar-refractivity contribution >= 4 is 5.97 Å². The number of methoxy groups -OCH3 is 1. The highest BCUT2D eigenvalue weighted by Gasteiger charge is 2.10.